The van der Waals surface area contributed by atoms with E-state index in [1.807, 2.05) is 0 Å². The van der Waals surface area contributed by atoms with Crippen molar-refractivity contribution < 1.29 is 9.32 Å². The number of unbranched alkanes of at least 4 members (excludes halogenated alkanes) is 1. The maximum absolute atomic E-state index is 12.1. The Morgan fingerprint density at radius 3 is 2.71 bits per heavy atom. The zero-order valence-corrected chi connectivity index (χ0v) is 15.2. The predicted molar refractivity (Wildman–Crippen MR) is 94.3 cm³/mol. The first-order valence-electron chi connectivity index (χ1n) is 7.73. The van der Waals surface area contributed by atoms with E-state index in [1.165, 1.54) is 0 Å². The van der Waals surface area contributed by atoms with Crippen molar-refractivity contribution in [2.75, 3.05) is 18.9 Å². The molecular formula is C16H20Cl2N4O2. The van der Waals surface area contributed by atoms with Crippen LogP contribution in [0.4, 0.5) is 5.69 Å². The summed E-state index contributed by atoms with van der Waals surface area (Å²) in [6.45, 7) is 2.65. The third kappa shape index (κ3) is 5.47. The summed E-state index contributed by atoms with van der Waals surface area (Å²) in [5.41, 5.74) is 0.416. The van der Waals surface area contributed by atoms with Crippen LogP contribution in [0.5, 0.6) is 0 Å². The third-order valence-corrected chi connectivity index (χ3v) is 3.94. The van der Waals surface area contributed by atoms with Crippen LogP contribution < -0.4 is 5.32 Å². The number of rotatable bonds is 8. The molecule has 0 fully saturated rings. The van der Waals surface area contributed by atoms with Gasteiger partial charge >= 0.3 is 0 Å². The number of nitrogens with zero attached hydrogens (tertiary/aromatic N) is 3. The number of carbonyl (C=O) groups is 1. The highest BCUT2D eigenvalue weighted by molar-refractivity contribution is 6.39. The molecule has 6 nitrogen and oxygen atoms in total. The number of anilines is 1. The Morgan fingerprint density at radius 2 is 2.04 bits per heavy atom. The first kappa shape index (κ1) is 18.7. The molecule has 1 aromatic heterocycles. The lowest BCUT2D eigenvalue weighted by molar-refractivity contribution is -0.117. The fourth-order valence-electron chi connectivity index (χ4n) is 2.12. The molecule has 130 valence electrons. The molecule has 8 heteroatoms. The number of hydrogen-bond acceptors (Lipinski definition) is 5. The Labute approximate surface area is 151 Å². The van der Waals surface area contributed by atoms with E-state index in [0.29, 0.717) is 34.0 Å². The van der Waals surface area contributed by atoms with Crippen molar-refractivity contribution in [3.8, 4) is 0 Å². The van der Waals surface area contributed by atoms with Gasteiger partial charge in [0, 0.05) is 6.42 Å². The fraction of sp³-hybridized carbons (Fsp3) is 0.438. The van der Waals surface area contributed by atoms with Crippen molar-refractivity contribution in [1.82, 2.24) is 15.0 Å². The van der Waals surface area contributed by atoms with Gasteiger partial charge in [-0.2, -0.15) is 4.98 Å². The largest absolute Gasteiger partial charge is 0.338 e. The quantitative estimate of drug-likeness (QED) is 0.765. The van der Waals surface area contributed by atoms with Gasteiger partial charge in [0.1, 0.15) is 0 Å². The second-order valence-corrected chi connectivity index (χ2v) is 6.34. The van der Waals surface area contributed by atoms with Crippen LogP contribution in [0.25, 0.3) is 0 Å². The number of likely N-dealkylation sites (N-methyl/N-ethyl adjacent to an activating group) is 1. The van der Waals surface area contributed by atoms with Crippen LogP contribution in [0.15, 0.2) is 22.7 Å². The normalized spacial score (nSPS) is 11.0. The van der Waals surface area contributed by atoms with Crippen molar-refractivity contribution >= 4 is 34.8 Å². The number of para-hydroxylation sites is 1. The number of hydrogen-bond donors (Lipinski definition) is 1. The number of nitrogens with one attached hydrogen (secondary N) is 1. The van der Waals surface area contributed by atoms with Gasteiger partial charge in [-0.25, -0.2) is 0 Å². The molecule has 0 aliphatic carbocycles. The van der Waals surface area contributed by atoms with Gasteiger partial charge in [0.15, 0.2) is 5.82 Å². The lowest BCUT2D eigenvalue weighted by atomic mass is 10.2. The monoisotopic (exact) mass is 370 g/mol. The van der Waals surface area contributed by atoms with Crippen LogP contribution in [-0.2, 0) is 17.8 Å². The minimum absolute atomic E-state index is 0.147. The zero-order valence-electron chi connectivity index (χ0n) is 13.7. The number of aryl methyl sites for hydroxylation is 1. The van der Waals surface area contributed by atoms with Gasteiger partial charge in [0.05, 0.1) is 28.8 Å². The average Bonchev–Trinajstić information content (AvgIpc) is 2.96. The summed E-state index contributed by atoms with van der Waals surface area (Å²) in [7, 11) is 1.80. The van der Waals surface area contributed by atoms with Gasteiger partial charge in [0.2, 0.25) is 11.8 Å². The van der Waals surface area contributed by atoms with E-state index in [1.54, 1.807) is 30.1 Å². The molecule has 1 N–H and O–H groups in total. The van der Waals surface area contributed by atoms with Crippen molar-refractivity contribution in [2.24, 2.45) is 0 Å². The van der Waals surface area contributed by atoms with Crippen molar-refractivity contribution in [3.05, 3.63) is 40.0 Å². The van der Waals surface area contributed by atoms with E-state index in [4.69, 9.17) is 27.7 Å². The minimum atomic E-state index is -0.224. The molecule has 2 rings (SSSR count). The Hall–Kier alpha value is -1.63. The molecule has 24 heavy (non-hydrogen) atoms. The van der Waals surface area contributed by atoms with Gasteiger partial charge in [-0.3, -0.25) is 9.69 Å². The van der Waals surface area contributed by atoms with Crippen LogP contribution in [0.3, 0.4) is 0 Å². The summed E-state index contributed by atoms with van der Waals surface area (Å²) >= 11 is 12.1. The van der Waals surface area contributed by atoms with E-state index in [9.17, 15) is 4.79 Å². The highest BCUT2D eigenvalue weighted by Gasteiger charge is 2.14. The van der Waals surface area contributed by atoms with Gasteiger partial charge < -0.3 is 9.84 Å². The zero-order chi connectivity index (χ0) is 17.5. The SMILES string of the molecule is CCCCc1noc(CN(C)CC(=O)Nc2c(Cl)cccc2Cl)n1. The Kier molecular flexibility index (Phi) is 7.02. The Morgan fingerprint density at radius 1 is 1.33 bits per heavy atom. The molecule has 0 unspecified atom stereocenters. The molecule has 1 amide bonds. The lowest BCUT2D eigenvalue weighted by Gasteiger charge is -2.15. The maximum Gasteiger partial charge on any atom is 0.240 e. The highest BCUT2D eigenvalue weighted by Crippen LogP contribution is 2.29. The topological polar surface area (TPSA) is 71.3 Å². The van der Waals surface area contributed by atoms with Gasteiger partial charge in [-0.1, -0.05) is 47.8 Å². The molecule has 0 spiro atoms. The van der Waals surface area contributed by atoms with E-state index in [0.717, 1.165) is 19.3 Å². The molecule has 1 heterocycles. The molecule has 0 aliphatic heterocycles. The first-order chi connectivity index (χ1) is 11.5. The van der Waals surface area contributed by atoms with E-state index in [-0.39, 0.29) is 12.5 Å². The van der Waals surface area contributed by atoms with Gasteiger partial charge in [0.25, 0.3) is 0 Å². The van der Waals surface area contributed by atoms with Crippen LogP contribution >= 0.6 is 23.2 Å². The summed E-state index contributed by atoms with van der Waals surface area (Å²) in [5.74, 6) is 0.970. The molecule has 0 aliphatic rings. The summed E-state index contributed by atoms with van der Waals surface area (Å²) in [5, 5.41) is 7.44. The molecule has 1 aromatic carbocycles. The minimum Gasteiger partial charge on any atom is -0.338 e. The highest BCUT2D eigenvalue weighted by atomic mass is 35.5. The van der Waals surface area contributed by atoms with E-state index >= 15 is 0 Å². The molecular weight excluding hydrogens is 351 g/mol. The van der Waals surface area contributed by atoms with Crippen LogP contribution in [0.1, 0.15) is 31.5 Å². The van der Waals surface area contributed by atoms with Crippen molar-refractivity contribution in [1.29, 1.82) is 0 Å². The molecule has 0 saturated carbocycles. The van der Waals surface area contributed by atoms with Crippen LogP contribution in [0, 0.1) is 0 Å². The Bertz CT molecular complexity index is 670. The maximum atomic E-state index is 12.1. The predicted octanol–water partition coefficient (Wildman–Crippen LogP) is 3.79. The summed E-state index contributed by atoms with van der Waals surface area (Å²) in [4.78, 5) is 18.2. The number of aromatic nitrogens is 2. The smallest absolute Gasteiger partial charge is 0.240 e. The average molecular weight is 371 g/mol. The number of halogens is 2. The van der Waals surface area contributed by atoms with Gasteiger partial charge in [-0.15, -0.1) is 0 Å². The molecule has 0 saturated heterocycles. The van der Waals surface area contributed by atoms with E-state index in [2.05, 4.69) is 22.4 Å². The lowest BCUT2D eigenvalue weighted by Crippen LogP contribution is -2.30. The number of amides is 1. The molecule has 2 aromatic rings. The molecule has 0 bridgehead atoms. The number of benzene rings is 1. The second kappa shape index (κ2) is 9.01. The third-order valence-electron chi connectivity index (χ3n) is 3.31. The van der Waals surface area contributed by atoms with Crippen LogP contribution in [-0.4, -0.2) is 34.5 Å². The second-order valence-electron chi connectivity index (χ2n) is 5.53. The van der Waals surface area contributed by atoms with Crippen molar-refractivity contribution in [3.63, 3.8) is 0 Å². The van der Waals surface area contributed by atoms with Crippen LogP contribution in [0.2, 0.25) is 10.0 Å². The van der Waals surface area contributed by atoms with E-state index < -0.39 is 0 Å². The summed E-state index contributed by atoms with van der Waals surface area (Å²) in [6, 6.07) is 5.06. The number of carbonyl (C=O) groups excluding carboxylic acids is 1. The fourth-order valence-corrected chi connectivity index (χ4v) is 2.61. The summed E-state index contributed by atoms with van der Waals surface area (Å²) < 4.78 is 5.19. The molecule has 0 radical (unpaired) electrons. The standard InChI is InChI=1S/C16H20Cl2N4O2/c1-3-4-8-13-19-15(24-21-13)10-22(2)9-14(23)20-16-11(17)6-5-7-12(16)18/h5-7H,3-4,8-10H2,1-2H3,(H,20,23). The molecule has 0 atom stereocenters. The van der Waals surface area contributed by atoms with Gasteiger partial charge in [-0.05, 0) is 25.6 Å². The first-order valence-corrected chi connectivity index (χ1v) is 8.49. The summed E-state index contributed by atoms with van der Waals surface area (Å²) in [6.07, 6.45) is 2.90. The van der Waals surface area contributed by atoms with Crippen molar-refractivity contribution in [2.45, 2.75) is 32.7 Å². The Balaban J connectivity index is 1.86.